The van der Waals surface area contributed by atoms with Crippen LogP contribution in [0, 0.1) is 22.7 Å². The Bertz CT molecular complexity index is 2110. The van der Waals surface area contributed by atoms with Crippen LogP contribution < -0.4 is 10.6 Å². The number of carboxylic acid groups (broad SMARTS) is 2. The van der Waals surface area contributed by atoms with Crippen molar-refractivity contribution in [1.82, 2.24) is 30.2 Å². The summed E-state index contributed by atoms with van der Waals surface area (Å²) in [5, 5.41) is 44.1. The van der Waals surface area contributed by atoms with Crippen molar-refractivity contribution in [1.29, 1.82) is 10.5 Å². The molecule has 2 saturated carbocycles. The smallest absolute Gasteiger partial charge is 0.303 e. The fourth-order valence-electron chi connectivity index (χ4n) is 9.03. The van der Waals surface area contributed by atoms with Crippen LogP contribution in [-0.2, 0) is 46.4 Å². The van der Waals surface area contributed by atoms with E-state index in [9.17, 15) is 28.8 Å². The van der Waals surface area contributed by atoms with Gasteiger partial charge in [-0.05, 0) is 121 Å². The molecule has 382 valence electrons. The van der Waals surface area contributed by atoms with Crippen LogP contribution in [-0.4, -0.2) is 126 Å². The minimum atomic E-state index is -0.948. The molecule has 2 aromatic heterocycles. The fourth-order valence-corrected chi connectivity index (χ4v) is 11.2. The highest BCUT2D eigenvalue weighted by molar-refractivity contribution is 7.10. The largest absolute Gasteiger partial charge is 0.481 e. The highest BCUT2D eigenvalue weighted by Gasteiger charge is 2.41. The average Bonchev–Trinajstić information content (AvgIpc) is 4.09. The van der Waals surface area contributed by atoms with Gasteiger partial charge in [-0.1, -0.05) is 42.5 Å². The minimum absolute atomic E-state index is 0.0351. The number of nitriles is 2. The molecular formula is C52H74N8O8S2. The van der Waals surface area contributed by atoms with Crippen LogP contribution >= 0.6 is 22.7 Å². The van der Waals surface area contributed by atoms with Crippen molar-refractivity contribution in [3.63, 3.8) is 0 Å². The minimum Gasteiger partial charge on any atom is -0.481 e. The van der Waals surface area contributed by atoms with Gasteiger partial charge in [-0.15, -0.1) is 22.7 Å². The molecule has 0 saturated heterocycles. The summed E-state index contributed by atoms with van der Waals surface area (Å²) in [6, 6.07) is 23.0. The Labute approximate surface area is 422 Å². The van der Waals surface area contributed by atoms with Gasteiger partial charge in [0.05, 0.1) is 36.1 Å². The highest BCUT2D eigenvalue weighted by Crippen LogP contribution is 2.44. The average molecular weight is 1000 g/mol. The SMILES string of the molecule is CN(C)C1(c2cccs2)CCC(NC(=O)CCC(=O)N(CCC#N)CCC#N)CC1.CN(Cc1ccccc1)C(=O)CCCC(=O)NC1CCC(c2cccs2)(N(C)C)CC1.O=C(O)CCCC(=O)O. The van der Waals surface area contributed by atoms with E-state index in [0.717, 1.165) is 56.9 Å². The lowest BCUT2D eigenvalue weighted by Gasteiger charge is -2.44. The molecule has 70 heavy (non-hydrogen) atoms. The van der Waals surface area contributed by atoms with Gasteiger partial charge in [0, 0.05) is 87.0 Å². The first kappa shape index (κ1) is 58.7. The standard InChI is InChI=1S/C25H35N3O2S.C22H31N5O2S.C5H8O4/c1-27(2)25(22-11-8-18-31-22)16-14-21(15-17-25)26-23(29)12-7-13-24(30)28(3)19-20-9-5-4-6-10-20;1-26(2)22(19-6-3-17-30-19)11-9-18(10-12-22)25-20(28)7-8-21(29)27(15-4-13-23)16-5-14-24;6-4(7)2-1-3-5(8)9/h4-6,8-11,18,21H,7,12-17,19H2,1-3H3,(H,26,29);3,6,17-18H,4-5,7-12,15-16H2,1-2H3,(H,25,28);1-3H2,(H,6,7)(H,8,9). The van der Waals surface area contributed by atoms with Gasteiger partial charge in [-0.3, -0.25) is 38.6 Å². The summed E-state index contributed by atoms with van der Waals surface area (Å²) in [5.41, 5.74) is 1.24. The second kappa shape index (κ2) is 30.8. The molecule has 2 aliphatic rings. The van der Waals surface area contributed by atoms with E-state index in [1.165, 1.54) is 14.7 Å². The normalized spacial score (nSPS) is 19.4. The number of rotatable bonds is 23. The van der Waals surface area contributed by atoms with E-state index >= 15 is 0 Å². The Hall–Kier alpha value is -5.66. The van der Waals surface area contributed by atoms with E-state index in [4.69, 9.17) is 20.7 Å². The molecule has 5 rings (SSSR count). The van der Waals surface area contributed by atoms with Crippen molar-refractivity contribution >= 4 is 58.2 Å². The number of hydrogen-bond acceptors (Lipinski definition) is 12. The molecule has 16 nitrogen and oxygen atoms in total. The molecule has 2 heterocycles. The zero-order valence-corrected chi connectivity index (χ0v) is 43.3. The molecule has 0 spiro atoms. The van der Waals surface area contributed by atoms with Crippen LogP contribution in [0.15, 0.2) is 65.4 Å². The maximum atomic E-state index is 12.4. The van der Waals surface area contributed by atoms with E-state index in [0.29, 0.717) is 38.9 Å². The molecule has 4 N–H and O–H groups in total. The summed E-state index contributed by atoms with van der Waals surface area (Å²) >= 11 is 3.61. The summed E-state index contributed by atoms with van der Waals surface area (Å²) in [6.45, 7) is 1.21. The van der Waals surface area contributed by atoms with E-state index in [1.54, 1.807) is 16.2 Å². The molecule has 0 radical (unpaired) electrons. The van der Waals surface area contributed by atoms with Crippen LogP contribution in [0.25, 0.3) is 0 Å². The maximum absolute atomic E-state index is 12.4. The molecule has 2 fully saturated rings. The molecule has 1 aromatic carbocycles. The third kappa shape index (κ3) is 19.6. The van der Waals surface area contributed by atoms with Crippen molar-refractivity contribution < 1.29 is 39.0 Å². The summed E-state index contributed by atoms with van der Waals surface area (Å²) < 4.78 is 0. The lowest BCUT2D eigenvalue weighted by molar-refractivity contribution is -0.139. The lowest BCUT2D eigenvalue weighted by atomic mass is 9.77. The molecule has 2 aliphatic carbocycles. The van der Waals surface area contributed by atoms with Gasteiger partial charge in [0.2, 0.25) is 23.6 Å². The van der Waals surface area contributed by atoms with Gasteiger partial charge in [0.25, 0.3) is 0 Å². The second-order valence-electron chi connectivity index (χ2n) is 18.4. The Morgan fingerprint density at radius 1 is 0.600 bits per heavy atom. The molecule has 0 unspecified atom stereocenters. The maximum Gasteiger partial charge on any atom is 0.303 e. The molecule has 3 aromatic rings. The molecule has 0 bridgehead atoms. The van der Waals surface area contributed by atoms with Crippen LogP contribution in [0.2, 0.25) is 0 Å². The van der Waals surface area contributed by atoms with Crippen molar-refractivity contribution in [3.05, 3.63) is 80.7 Å². The van der Waals surface area contributed by atoms with Crippen molar-refractivity contribution in [3.8, 4) is 12.1 Å². The zero-order chi connectivity index (χ0) is 51.5. The quantitative estimate of drug-likeness (QED) is 0.0716. The number of carbonyl (C=O) groups is 6. The Kier molecular flexibility index (Phi) is 25.8. The number of benzene rings is 1. The Morgan fingerprint density at radius 3 is 1.44 bits per heavy atom. The van der Waals surface area contributed by atoms with Crippen molar-refractivity contribution in [2.45, 2.75) is 145 Å². The third-order valence-corrected chi connectivity index (χ3v) is 15.3. The van der Waals surface area contributed by atoms with Crippen LogP contribution in [0.4, 0.5) is 0 Å². The number of thiophene rings is 2. The molecule has 18 heteroatoms. The fraction of sp³-hybridized carbons (Fsp3) is 0.577. The van der Waals surface area contributed by atoms with Gasteiger partial charge < -0.3 is 30.6 Å². The van der Waals surface area contributed by atoms with Gasteiger partial charge in [-0.25, -0.2) is 0 Å². The molecule has 0 atom stereocenters. The monoisotopic (exact) mass is 1000 g/mol. The predicted molar refractivity (Wildman–Crippen MR) is 272 cm³/mol. The summed E-state index contributed by atoms with van der Waals surface area (Å²) in [4.78, 5) is 79.8. The van der Waals surface area contributed by atoms with Crippen LogP contribution in [0.5, 0.6) is 0 Å². The van der Waals surface area contributed by atoms with Crippen LogP contribution in [0.1, 0.15) is 131 Å². The first-order valence-corrected chi connectivity index (χ1v) is 26.0. The zero-order valence-electron chi connectivity index (χ0n) is 41.7. The lowest BCUT2D eigenvalue weighted by Crippen LogP contribution is -2.48. The summed E-state index contributed by atoms with van der Waals surface area (Å²) in [7, 11) is 10.4. The Balaban J connectivity index is 0.000000315. The van der Waals surface area contributed by atoms with Gasteiger partial charge in [0.15, 0.2) is 0 Å². The van der Waals surface area contributed by atoms with Gasteiger partial charge in [0.1, 0.15) is 0 Å². The van der Waals surface area contributed by atoms with Crippen molar-refractivity contribution in [2.75, 3.05) is 48.3 Å². The van der Waals surface area contributed by atoms with E-state index < -0.39 is 11.9 Å². The molecule has 0 aliphatic heterocycles. The van der Waals surface area contributed by atoms with Gasteiger partial charge in [-0.2, -0.15) is 10.5 Å². The third-order valence-electron chi connectivity index (χ3n) is 13.2. The Morgan fingerprint density at radius 2 is 1.04 bits per heavy atom. The highest BCUT2D eigenvalue weighted by atomic mass is 32.1. The van der Waals surface area contributed by atoms with E-state index in [-0.39, 0.29) is 91.7 Å². The van der Waals surface area contributed by atoms with E-state index in [2.05, 4.69) is 83.6 Å². The number of aliphatic carboxylic acids is 2. The predicted octanol–water partition coefficient (Wildman–Crippen LogP) is 7.72. The van der Waals surface area contributed by atoms with Crippen LogP contribution in [0.3, 0.4) is 0 Å². The number of carboxylic acids is 2. The first-order valence-electron chi connectivity index (χ1n) is 24.2. The van der Waals surface area contributed by atoms with Gasteiger partial charge >= 0.3 is 11.9 Å². The number of nitrogens with zero attached hydrogens (tertiary/aromatic N) is 6. The first-order chi connectivity index (χ1) is 33.5. The van der Waals surface area contributed by atoms with E-state index in [1.807, 2.05) is 60.9 Å². The second-order valence-corrected chi connectivity index (χ2v) is 20.3. The topological polar surface area (TPSA) is 227 Å². The van der Waals surface area contributed by atoms with Crippen molar-refractivity contribution in [2.24, 2.45) is 0 Å². The number of amides is 4. The number of nitrogens with one attached hydrogen (secondary N) is 2. The molecule has 4 amide bonds. The molecular weight excluding hydrogens is 929 g/mol. The summed E-state index contributed by atoms with van der Waals surface area (Å²) in [5.74, 6) is -2.03. The number of carbonyl (C=O) groups excluding carboxylic acids is 4. The summed E-state index contributed by atoms with van der Waals surface area (Å²) in [6.07, 6.45) is 10.0. The number of hydrogen-bond donors (Lipinski definition) is 4.